The van der Waals surface area contributed by atoms with Gasteiger partial charge in [0.1, 0.15) is 5.82 Å². The van der Waals surface area contributed by atoms with Crippen LogP contribution in [0.4, 0.5) is 0 Å². The SMILES string of the molecule is CCCCCN(C(=O)c1ccccc1Cl)C(C)c1nc2cc(Cl)ccc2c(=O)n1C. The molecule has 0 bridgehead atoms. The number of rotatable bonds is 7. The number of aromatic nitrogens is 2. The van der Waals surface area contributed by atoms with E-state index in [0.717, 1.165) is 19.3 Å². The molecule has 2 aromatic carbocycles. The zero-order valence-corrected chi connectivity index (χ0v) is 18.9. The first-order valence-corrected chi connectivity index (χ1v) is 10.8. The molecule has 30 heavy (non-hydrogen) atoms. The maximum Gasteiger partial charge on any atom is 0.261 e. The minimum Gasteiger partial charge on any atom is -0.329 e. The first-order chi connectivity index (χ1) is 14.3. The molecule has 0 aliphatic rings. The topological polar surface area (TPSA) is 55.2 Å². The lowest BCUT2D eigenvalue weighted by molar-refractivity contribution is 0.0676. The van der Waals surface area contributed by atoms with Crippen LogP contribution in [0.1, 0.15) is 55.3 Å². The van der Waals surface area contributed by atoms with Crippen LogP contribution in [-0.2, 0) is 7.05 Å². The van der Waals surface area contributed by atoms with Crippen molar-refractivity contribution in [3.8, 4) is 0 Å². The molecule has 0 aliphatic carbocycles. The fourth-order valence-corrected chi connectivity index (χ4v) is 3.95. The lowest BCUT2D eigenvalue weighted by Gasteiger charge is -2.30. The number of hydrogen-bond acceptors (Lipinski definition) is 3. The predicted molar refractivity (Wildman–Crippen MR) is 122 cm³/mol. The van der Waals surface area contributed by atoms with Crippen LogP contribution in [0.5, 0.6) is 0 Å². The Labute approximate surface area is 186 Å². The Morgan fingerprint density at radius 3 is 2.60 bits per heavy atom. The Kier molecular flexibility index (Phi) is 7.16. The van der Waals surface area contributed by atoms with Gasteiger partial charge in [-0.05, 0) is 43.7 Å². The van der Waals surface area contributed by atoms with E-state index in [9.17, 15) is 9.59 Å². The molecule has 1 aromatic heterocycles. The average Bonchev–Trinajstić information content (AvgIpc) is 2.73. The summed E-state index contributed by atoms with van der Waals surface area (Å²) in [7, 11) is 1.68. The van der Waals surface area contributed by atoms with Crippen molar-refractivity contribution >= 4 is 40.0 Å². The van der Waals surface area contributed by atoms with E-state index in [0.29, 0.717) is 38.9 Å². The Hall–Kier alpha value is -2.37. The summed E-state index contributed by atoms with van der Waals surface area (Å²) in [6.07, 6.45) is 2.89. The van der Waals surface area contributed by atoms with Gasteiger partial charge in [-0.2, -0.15) is 0 Å². The van der Waals surface area contributed by atoms with Gasteiger partial charge < -0.3 is 4.90 Å². The zero-order valence-electron chi connectivity index (χ0n) is 17.4. The maximum atomic E-state index is 13.4. The predicted octanol–water partition coefficient (Wildman–Crippen LogP) is 5.63. The van der Waals surface area contributed by atoms with E-state index in [4.69, 9.17) is 28.2 Å². The third-order valence-corrected chi connectivity index (χ3v) is 5.85. The van der Waals surface area contributed by atoms with Gasteiger partial charge in [0.2, 0.25) is 0 Å². The molecule has 0 fully saturated rings. The van der Waals surface area contributed by atoms with Crippen LogP contribution in [0.25, 0.3) is 10.9 Å². The van der Waals surface area contributed by atoms with Gasteiger partial charge in [0.05, 0.1) is 27.5 Å². The number of nitrogens with zero attached hydrogens (tertiary/aromatic N) is 3. The van der Waals surface area contributed by atoms with Crippen LogP contribution in [0.3, 0.4) is 0 Å². The summed E-state index contributed by atoms with van der Waals surface area (Å²) < 4.78 is 1.51. The van der Waals surface area contributed by atoms with Crippen LogP contribution >= 0.6 is 23.2 Å². The number of amides is 1. The first-order valence-electron chi connectivity index (χ1n) is 10.1. The average molecular weight is 446 g/mol. The Bertz CT molecular complexity index is 1130. The zero-order chi connectivity index (χ0) is 21.8. The summed E-state index contributed by atoms with van der Waals surface area (Å²) in [5, 5.41) is 1.41. The number of unbranched alkanes of at least 4 members (excludes halogenated alkanes) is 2. The number of halogens is 2. The Morgan fingerprint density at radius 2 is 1.90 bits per heavy atom. The second-order valence-corrected chi connectivity index (χ2v) is 8.20. The number of carbonyl (C=O) groups is 1. The highest BCUT2D eigenvalue weighted by molar-refractivity contribution is 6.33. The second kappa shape index (κ2) is 9.63. The summed E-state index contributed by atoms with van der Waals surface area (Å²) >= 11 is 12.4. The van der Waals surface area contributed by atoms with Crippen LogP contribution in [-0.4, -0.2) is 26.9 Å². The summed E-state index contributed by atoms with van der Waals surface area (Å²) in [5.41, 5.74) is 0.791. The van der Waals surface area contributed by atoms with Crippen molar-refractivity contribution in [2.45, 2.75) is 39.2 Å². The highest BCUT2D eigenvalue weighted by atomic mass is 35.5. The van der Waals surface area contributed by atoms with Crippen molar-refractivity contribution in [3.63, 3.8) is 0 Å². The molecular formula is C23H25Cl2N3O2. The minimum absolute atomic E-state index is 0.169. The molecular weight excluding hydrogens is 421 g/mol. The van der Waals surface area contributed by atoms with Crippen LogP contribution in [0.2, 0.25) is 10.0 Å². The van der Waals surface area contributed by atoms with Crippen molar-refractivity contribution < 1.29 is 4.79 Å². The van der Waals surface area contributed by atoms with Crippen molar-refractivity contribution in [1.82, 2.24) is 14.5 Å². The van der Waals surface area contributed by atoms with E-state index in [-0.39, 0.29) is 11.5 Å². The summed E-state index contributed by atoms with van der Waals surface area (Å²) in [5.74, 6) is 0.330. The highest BCUT2D eigenvalue weighted by Crippen LogP contribution is 2.26. The highest BCUT2D eigenvalue weighted by Gasteiger charge is 2.27. The van der Waals surface area contributed by atoms with E-state index >= 15 is 0 Å². The third-order valence-electron chi connectivity index (χ3n) is 5.28. The molecule has 0 radical (unpaired) electrons. The molecule has 1 unspecified atom stereocenters. The van der Waals surface area contributed by atoms with Crippen molar-refractivity contribution in [1.29, 1.82) is 0 Å². The van der Waals surface area contributed by atoms with Gasteiger partial charge in [-0.3, -0.25) is 14.2 Å². The number of carbonyl (C=O) groups excluding carboxylic acids is 1. The van der Waals surface area contributed by atoms with Gasteiger partial charge in [-0.15, -0.1) is 0 Å². The molecule has 1 amide bonds. The quantitative estimate of drug-likeness (QED) is 0.442. The van der Waals surface area contributed by atoms with Crippen LogP contribution < -0.4 is 5.56 Å². The molecule has 158 valence electrons. The van der Waals surface area contributed by atoms with Crippen molar-refractivity contribution in [2.24, 2.45) is 7.05 Å². The van der Waals surface area contributed by atoms with Gasteiger partial charge in [0.25, 0.3) is 11.5 Å². The standard InChI is InChI=1S/C23H25Cl2N3O2/c1-4-5-8-13-28(23(30)17-9-6-7-10-19(17)25)15(2)21-26-20-14-16(24)11-12-18(20)22(29)27(21)3/h6-7,9-12,14-15H,4-5,8,13H2,1-3H3. The molecule has 0 saturated carbocycles. The first kappa shape index (κ1) is 22.3. The number of fused-ring (bicyclic) bond motifs is 1. The number of benzene rings is 2. The van der Waals surface area contributed by atoms with E-state index in [2.05, 4.69) is 6.92 Å². The van der Waals surface area contributed by atoms with E-state index in [1.807, 2.05) is 6.92 Å². The summed E-state index contributed by atoms with van der Waals surface area (Å²) in [4.78, 5) is 32.7. The molecule has 0 aliphatic heterocycles. The Balaban J connectivity index is 2.07. The molecule has 5 nitrogen and oxygen atoms in total. The van der Waals surface area contributed by atoms with Crippen LogP contribution in [0, 0.1) is 0 Å². The molecule has 1 atom stereocenters. The normalized spacial score (nSPS) is 12.2. The lowest BCUT2D eigenvalue weighted by atomic mass is 10.1. The molecule has 0 saturated heterocycles. The molecule has 1 heterocycles. The minimum atomic E-state index is -0.424. The van der Waals surface area contributed by atoms with Gasteiger partial charge in [0, 0.05) is 18.6 Å². The number of hydrogen-bond donors (Lipinski definition) is 0. The molecule has 3 aromatic rings. The Morgan fingerprint density at radius 1 is 1.17 bits per heavy atom. The maximum absolute atomic E-state index is 13.4. The van der Waals surface area contributed by atoms with Gasteiger partial charge >= 0.3 is 0 Å². The van der Waals surface area contributed by atoms with Gasteiger partial charge in [-0.1, -0.05) is 55.1 Å². The van der Waals surface area contributed by atoms with Crippen LogP contribution in [0.15, 0.2) is 47.3 Å². The molecule has 3 rings (SSSR count). The van der Waals surface area contributed by atoms with E-state index in [1.54, 1.807) is 54.4 Å². The lowest BCUT2D eigenvalue weighted by Crippen LogP contribution is -2.38. The molecule has 0 spiro atoms. The fourth-order valence-electron chi connectivity index (χ4n) is 3.57. The third kappa shape index (κ3) is 4.52. The second-order valence-electron chi connectivity index (χ2n) is 7.36. The van der Waals surface area contributed by atoms with E-state index < -0.39 is 6.04 Å². The summed E-state index contributed by atoms with van der Waals surface area (Å²) in [6, 6.07) is 11.6. The summed E-state index contributed by atoms with van der Waals surface area (Å²) in [6.45, 7) is 4.54. The smallest absolute Gasteiger partial charge is 0.261 e. The molecule has 7 heteroatoms. The fraction of sp³-hybridized carbons (Fsp3) is 0.348. The van der Waals surface area contributed by atoms with E-state index in [1.165, 1.54) is 4.57 Å². The largest absolute Gasteiger partial charge is 0.329 e. The molecule has 0 N–H and O–H groups in total. The van der Waals surface area contributed by atoms with Gasteiger partial charge in [0.15, 0.2) is 0 Å². The van der Waals surface area contributed by atoms with Gasteiger partial charge in [-0.25, -0.2) is 4.98 Å². The monoisotopic (exact) mass is 445 g/mol. The van der Waals surface area contributed by atoms with Crippen molar-refractivity contribution in [3.05, 3.63) is 74.3 Å². The van der Waals surface area contributed by atoms with Crippen molar-refractivity contribution in [2.75, 3.05) is 6.54 Å².